The summed E-state index contributed by atoms with van der Waals surface area (Å²) in [6, 6.07) is 6.15. The number of nitrogens with zero attached hydrogens (tertiary/aromatic N) is 1. The third-order valence-electron chi connectivity index (χ3n) is 4.90. The van der Waals surface area contributed by atoms with Gasteiger partial charge in [-0.3, -0.25) is 0 Å². The van der Waals surface area contributed by atoms with Crippen molar-refractivity contribution in [1.82, 2.24) is 15.5 Å². The van der Waals surface area contributed by atoms with Crippen molar-refractivity contribution >= 4 is 6.03 Å². The molecule has 1 saturated heterocycles. The normalized spacial score (nSPS) is 18.5. The summed E-state index contributed by atoms with van der Waals surface area (Å²) in [6.07, 6.45) is 2.02. The van der Waals surface area contributed by atoms with Crippen LogP contribution >= 0.6 is 0 Å². The third-order valence-corrected chi connectivity index (χ3v) is 4.90. The van der Waals surface area contributed by atoms with Crippen molar-refractivity contribution in [1.29, 1.82) is 0 Å². The van der Waals surface area contributed by atoms with Crippen LogP contribution in [0.5, 0.6) is 11.5 Å². The van der Waals surface area contributed by atoms with Gasteiger partial charge in [-0.15, -0.1) is 0 Å². The van der Waals surface area contributed by atoms with Crippen LogP contribution in [-0.4, -0.2) is 50.4 Å². The van der Waals surface area contributed by atoms with Crippen molar-refractivity contribution in [3.63, 3.8) is 0 Å². The van der Waals surface area contributed by atoms with Crippen LogP contribution in [0.1, 0.15) is 32.3 Å². The maximum absolute atomic E-state index is 12.2. The second-order valence-corrected chi connectivity index (χ2v) is 7.36. The highest BCUT2D eigenvalue weighted by Crippen LogP contribution is 2.36. The predicted molar refractivity (Wildman–Crippen MR) is 92.6 cm³/mol. The largest absolute Gasteiger partial charge is 0.454 e. The molecule has 0 bridgehead atoms. The Balaban J connectivity index is 1.52. The first-order valence-electron chi connectivity index (χ1n) is 8.57. The molecule has 0 aliphatic carbocycles. The minimum atomic E-state index is -0.189. The van der Waals surface area contributed by atoms with Gasteiger partial charge in [0.25, 0.3) is 0 Å². The molecule has 2 amide bonds. The van der Waals surface area contributed by atoms with E-state index in [0.717, 1.165) is 43.0 Å². The predicted octanol–water partition coefficient (Wildman–Crippen LogP) is 2.09. The maximum atomic E-state index is 12.2. The van der Waals surface area contributed by atoms with Crippen LogP contribution in [0.4, 0.5) is 4.79 Å². The summed E-state index contributed by atoms with van der Waals surface area (Å²) in [5, 5.41) is 6.10. The zero-order chi connectivity index (χ0) is 17.2. The second kappa shape index (κ2) is 6.89. The van der Waals surface area contributed by atoms with Crippen molar-refractivity contribution in [3.8, 4) is 11.5 Å². The molecule has 1 aromatic rings. The Morgan fingerprint density at radius 1 is 1.25 bits per heavy atom. The number of fused-ring (bicyclic) bond motifs is 1. The number of benzene rings is 1. The minimum Gasteiger partial charge on any atom is -0.454 e. The van der Waals surface area contributed by atoms with Gasteiger partial charge >= 0.3 is 6.03 Å². The van der Waals surface area contributed by atoms with E-state index >= 15 is 0 Å². The Kier molecular flexibility index (Phi) is 4.85. The lowest BCUT2D eigenvalue weighted by atomic mass is 9.84. The fourth-order valence-electron chi connectivity index (χ4n) is 3.11. The Hall–Kier alpha value is -1.95. The van der Waals surface area contributed by atoms with Gasteiger partial charge < -0.3 is 25.0 Å². The van der Waals surface area contributed by atoms with E-state index in [4.69, 9.17) is 9.47 Å². The van der Waals surface area contributed by atoms with Gasteiger partial charge in [-0.25, -0.2) is 4.79 Å². The van der Waals surface area contributed by atoms with Crippen LogP contribution in [-0.2, 0) is 5.41 Å². The Morgan fingerprint density at radius 3 is 2.71 bits per heavy atom. The smallest absolute Gasteiger partial charge is 0.315 e. The van der Waals surface area contributed by atoms with Crippen molar-refractivity contribution in [2.45, 2.75) is 38.1 Å². The van der Waals surface area contributed by atoms with Crippen molar-refractivity contribution in [3.05, 3.63) is 23.8 Å². The van der Waals surface area contributed by atoms with E-state index in [1.165, 1.54) is 0 Å². The zero-order valence-corrected chi connectivity index (χ0v) is 14.7. The molecule has 2 aliphatic rings. The van der Waals surface area contributed by atoms with Gasteiger partial charge in [-0.05, 0) is 50.7 Å². The molecule has 3 rings (SSSR count). The number of hydrogen-bond acceptors (Lipinski definition) is 4. The molecule has 2 heterocycles. The van der Waals surface area contributed by atoms with Gasteiger partial charge in [0.05, 0.1) is 0 Å². The van der Waals surface area contributed by atoms with Gasteiger partial charge in [0, 0.05) is 18.0 Å². The Bertz CT molecular complexity index is 595. The minimum absolute atomic E-state index is 0.0848. The summed E-state index contributed by atoms with van der Waals surface area (Å²) >= 11 is 0. The first kappa shape index (κ1) is 16.9. The number of amides is 2. The molecular formula is C18H27N3O3. The molecule has 0 spiro atoms. The lowest BCUT2D eigenvalue weighted by Gasteiger charge is -2.30. The van der Waals surface area contributed by atoms with Gasteiger partial charge in [0.15, 0.2) is 11.5 Å². The zero-order valence-electron chi connectivity index (χ0n) is 14.7. The average Bonchev–Trinajstić information content (AvgIpc) is 3.03. The summed E-state index contributed by atoms with van der Waals surface area (Å²) in [4.78, 5) is 14.5. The SMILES string of the molecule is CN1CCC(NC(=O)NCC(C)(C)c2ccc3c(c2)OCO3)CC1. The van der Waals surface area contributed by atoms with E-state index in [0.29, 0.717) is 6.54 Å². The summed E-state index contributed by atoms with van der Waals surface area (Å²) in [7, 11) is 2.12. The standard InChI is InChI=1S/C18H27N3O3/c1-18(2,13-4-5-15-16(10-13)24-12-23-15)11-19-17(22)20-14-6-8-21(3)9-7-14/h4-5,10,14H,6-9,11-12H2,1-3H3,(H2,19,20,22). The van der Waals surface area contributed by atoms with Gasteiger partial charge in [-0.2, -0.15) is 0 Å². The summed E-state index contributed by atoms with van der Waals surface area (Å²) < 4.78 is 10.8. The van der Waals surface area contributed by atoms with E-state index < -0.39 is 0 Å². The average molecular weight is 333 g/mol. The first-order chi connectivity index (χ1) is 11.4. The Morgan fingerprint density at radius 2 is 1.96 bits per heavy atom. The first-order valence-corrected chi connectivity index (χ1v) is 8.57. The molecule has 6 nitrogen and oxygen atoms in total. The van der Waals surface area contributed by atoms with Gasteiger partial charge in [0.1, 0.15) is 0 Å². The number of nitrogens with one attached hydrogen (secondary N) is 2. The second-order valence-electron chi connectivity index (χ2n) is 7.36. The third kappa shape index (κ3) is 3.93. The highest BCUT2D eigenvalue weighted by atomic mass is 16.7. The van der Waals surface area contributed by atoms with Gasteiger partial charge in [0.2, 0.25) is 6.79 Å². The lowest BCUT2D eigenvalue weighted by molar-refractivity contribution is 0.174. The van der Waals surface area contributed by atoms with Crippen molar-refractivity contribution < 1.29 is 14.3 Å². The number of ether oxygens (including phenoxy) is 2. The molecule has 2 aliphatic heterocycles. The molecule has 132 valence electrons. The Labute approximate surface area is 143 Å². The lowest BCUT2D eigenvalue weighted by Crippen LogP contribution is -2.49. The van der Waals surface area contributed by atoms with E-state index in [2.05, 4.69) is 36.4 Å². The number of likely N-dealkylation sites (tertiary alicyclic amines) is 1. The molecule has 0 aromatic heterocycles. The van der Waals surface area contributed by atoms with E-state index in [1.54, 1.807) is 0 Å². The highest BCUT2D eigenvalue weighted by molar-refractivity contribution is 5.74. The number of hydrogen-bond donors (Lipinski definition) is 2. The maximum Gasteiger partial charge on any atom is 0.315 e. The summed E-state index contributed by atoms with van der Waals surface area (Å²) in [5.74, 6) is 1.55. The molecule has 1 fully saturated rings. The summed E-state index contributed by atoms with van der Waals surface area (Å²) in [6.45, 7) is 7.13. The highest BCUT2D eigenvalue weighted by Gasteiger charge is 2.25. The van der Waals surface area contributed by atoms with E-state index in [-0.39, 0.29) is 24.3 Å². The molecule has 0 atom stereocenters. The molecule has 6 heteroatoms. The molecule has 24 heavy (non-hydrogen) atoms. The topological polar surface area (TPSA) is 62.8 Å². The van der Waals surface area contributed by atoms with Crippen LogP contribution in [0.25, 0.3) is 0 Å². The fraction of sp³-hybridized carbons (Fsp3) is 0.611. The number of rotatable bonds is 4. The molecule has 2 N–H and O–H groups in total. The van der Waals surface area contributed by atoms with E-state index in [1.807, 2.05) is 18.2 Å². The summed E-state index contributed by atoms with van der Waals surface area (Å²) in [5.41, 5.74) is 0.928. The molecule has 0 unspecified atom stereocenters. The quantitative estimate of drug-likeness (QED) is 0.886. The van der Waals surface area contributed by atoms with Crippen molar-refractivity contribution in [2.24, 2.45) is 0 Å². The van der Waals surface area contributed by atoms with Crippen LogP contribution in [0.15, 0.2) is 18.2 Å². The molecular weight excluding hydrogens is 306 g/mol. The molecule has 0 saturated carbocycles. The molecule has 1 aromatic carbocycles. The van der Waals surface area contributed by atoms with Crippen LogP contribution in [0.3, 0.4) is 0 Å². The number of carbonyl (C=O) groups excluding carboxylic acids is 1. The number of urea groups is 1. The monoisotopic (exact) mass is 333 g/mol. The van der Waals surface area contributed by atoms with Gasteiger partial charge in [-0.1, -0.05) is 19.9 Å². The van der Waals surface area contributed by atoms with Crippen LogP contribution in [0, 0.1) is 0 Å². The van der Waals surface area contributed by atoms with Crippen LogP contribution < -0.4 is 20.1 Å². The van der Waals surface area contributed by atoms with Crippen molar-refractivity contribution in [2.75, 3.05) is 33.5 Å². The fourth-order valence-corrected chi connectivity index (χ4v) is 3.11. The van der Waals surface area contributed by atoms with E-state index in [9.17, 15) is 4.79 Å². The molecule has 0 radical (unpaired) electrons. The number of carbonyl (C=O) groups is 1. The number of piperidine rings is 1. The van der Waals surface area contributed by atoms with Crippen LogP contribution in [0.2, 0.25) is 0 Å².